The van der Waals surface area contributed by atoms with Gasteiger partial charge in [0.1, 0.15) is 0 Å². The second-order valence-corrected chi connectivity index (χ2v) is 5.34. The minimum atomic E-state index is -0.869. The number of allylic oxidation sites excluding steroid dienone is 3. The Kier molecular flexibility index (Phi) is 6.05. The molecule has 24 heavy (non-hydrogen) atoms. The van der Waals surface area contributed by atoms with Crippen LogP contribution >= 0.6 is 0 Å². The Bertz CT molecular complexity index is 686. The van der Waals surface area contributed by atoms with E-state index in [1.807, 2.05) is 48.6 Å². The molecule has 0 aliphatic heterocycles. The highest BCUT2D eigenvalue weighted by atomic mass is 16.6. The summed E-state index contributed by atoms with van der Waals surface area (Å²) in [7, 11) is 4.83. The minimum absolute atomic E-state index is 0.574. The van der Waals surface area contributed by atoms with Crippen LogP contribution in [0.3, 0.4) is 0 Å². The van der Waals surface area contributed by atoms with Gasteiger partial charge in [-0.2, -0.15) is 5.26 Å². The van der Waals surface area contributed by atoms with Crippen LogP contribution in [0.15, 0.2) is 65.7 Å². The van der Waals surface area contributed by atoms with E-state index < -0.39 is 5.72 Å². The topological polar surface area (TPSA) is 63.5 Å². The first kappa shape index (κ1) is 17.6. The number of rotatable bonds is 7. The van der Waals surface area contributed by atoms with E-state index in [1.165, 1.54) is 6.08 Å². The average Bonchev–Trinajstić information content (AvgIpc) is 2.62. The fraction of sp³-hybridized carbons (Fsp3) is 0.316. The van der Waals surface area contributed by atoms with Gasteiger partial charge in [-0.15, -0.1) is 0 Å². The lowest BCUT2D eigenvalue weighted by atomic mass is 9.91. The first-order chi connectivity index (χ1) is 11.7. The van der Waals surface area contributed by atoms with Crippen molar-refractivity contribution in [2.45, 2.75) is 18.6 Å². The van der Waals surface area contributed by atoms with E-state index in [1.54, 1.807) is 21.3 Å². The SMILES string of the molecule is COC1=C(OC)C(Nc2ccccc2)(OC)CC(CC=CC#N)=C1. The zero-order valence-corrected chi connectivity index (χ0v) is 14.2. The monoisotopic (exact) mass is 326 g/mol. The highest BCUT2D eigenvalue weighted by molar-refractivity contribution is 5.50. The third-order valence-corrected chi connectivity index (χ3v) is 3.87. The van der Waals surface area contributed by atoms with Gasteiger partial charge in [0.15, 0.2) is 11.5 Å². The molecule has 5 heteroatoms. The van der Waals surface area contributed by atoms with Gasteiger partial charge >= 0.3 is 0 Å². The normalized spacial score (nSPS) is 20.5. The number of nitrogens with one attached hydrogen (secondary N) is 1. The number of nitrogens with zero attached hydrogens (tertiary/aromatic N) is 1. The standard InChI is InChI=1S/C19H22N2O3/c1-22-17-13-15(9-7-8-12-20)14-19(24-3,18(17)23-2)21-16-10-5-4-6-11-16/h4-8,10-11,13,21H,9,14H2,1-3H3. The van der Waals surface area contributed by atoms with Crippen molar-refractivity contribution in [2.75, 3.05) is 26.6 Å². The quantitative estimate of drug-likeness (QED) is 0.611. The highest BCUT2D eigenvalue weighted by Crippen LogP contribution is 2.38. The zero-order valence-electron chi connectivity index (χ0n) is 14.2. The number of hydrogen-bond donors (Lipinski definition) is 1. The third-order valence-electron chi connectivity index (χ3n) is 3.87. The average molecular weight is 326 g/mol. The molecule has 0 fully saturated rings. The van der Waals surface area contributed by atoms with Gasteiger partial charge in [-0.05, 0) is 24.6 Å². The van der Waals surface area contributed by atoms with Crippen LogP contribution < -0.4 is 5.32 Å². The Hall–Kier alpha value is -2.71. The largest absolute Gasteiger partial charge is 0.493 e. The number of para-hydroxylation sites is 1. The second-order valence-electron chi connectivity index (χ2n) is 5.34. The van der Waals surface area contributed by atoms with Crippen LogP contribution in [0.25, 0.3) is 0 Å². The van der Waals surface area contributed by atoms with Gasteiger partial charge in [-0.25, -0.2) is 0 Å². The molecule has 1 N–H and O–H groups in total. The second kappa shape index (κ2) is 8.23. The van der Waals surface area contributed by atoms with Crippen LogP contribution in [-0.4, -0.2) is 27.1 Å². The molecule has 1 aliphatic rings. The van der Waals surface area contributed by atoms with Gasteiger partial charge in [0.25, 0.3) is 0 Å². The maximum atomic E-state index is 8.67. The Balaban J connectivity index is 2.41. The van der Waals surface area contributed by atoms with Crippen LogP contribution in [0.1, 0.15) is 12.8 Å². The summed E-state index contributed by atoms with van der Waals surface area (Å²) in [4.78, 5) is 0. The maximum absolute atomic E-state index is 8.67. The lowest BCUT2D eigenvalue weighted by molar-refractivity contribution is -0.00712. The van der Waals surface area contributed by atoms with E-state index in [4.69, 9.17) is 19.5 Å². The summed E-state index contributed by atoms with van der Waals surface area (Å²) in [5.41, 5.74) is 1.12. The predicted molar refractivity (Wildman–Crippen MR) is 92.9 cm³/mol. The first-order valence-corrected chi connectivity index (χ1v) is 7.64. The van der Waals surface area contributed by atoms with Gasteiger partial charge in [-0.1, -0.05) is 29.8 Å². The van der Waals surface area contributed by atoms with Crippen molar-refractivity contribution in [3.05, 3.63) is 65.7 Å². The van der Waals surface area contributed by atoms with E-state index in [0.29, 0.717) is 24.4 Å². The summed E-state index contributed by atoms with van der Waals surface area (Å²) in [6.07, 6.45) is 6.44. The fourth-order valence-corrected chi connectivity index (χ4v) is 2.78. The van der Waals surface area contributed by atoms with Crippen LogP contribution in [-0.2, 0) is 14.2 Å². The van der Waals surface area contributed by atoms with Crippen molar-refractivity contribution in [1.29, 1.82) is 5.26 Å². The summed E-state index contributed by atoms with van der Waals surface area (Å²) in [5.74, 6) is 1.19. The first-order valence-electron chi connectivity index (χ1n) is 7.64. The molecule has 2 rings (SSSR count). The Labute approximate surface area is 142 Å². The molecule has 0 aromatic heterocycles. The lowest BCUT2D eigenvalue weighted by Gasteiger charge is -2.38. The van der Waals surface area contributed by atoms with Gasteiger partial charge in [-0.3, -0.25) is 0 Å². The molecule has 1 aromatic rings. The minimum Gasteiger partial charge on any atom is -0.493 e. The molecule has 1 atom stereocenters. The van der Waals surface area contributed by atoms with Crippen LogP contribution in [0.5, 0.6) is 0 Å². The molecule has 1 aliphatic carbocycles. The summed E-state index contributed by atoms with van der Waals surface area (Å²) in [6, 6.07) is 11.8. The summed E-state index contributed by atoms with van der Waals surface area (Å²) in [6.45, 7) is 0. The zero-order chi connectivity index (χ0) is 17.4. The molecular weight excluding hydrogens is 304 g/mol. The van der Waals surface area contributed by atoms with Crippen molar-refractivity contribution < 1.29 is 14.2 Å². The van der Waals surface area contributed by atoms with E-state index in [0.717, 1.165) is 11.3 Å². The number of hydrogen-bond acceptors (Lipinski definition) is 5. The van der Waals surface area contributed by atoms with Gasteiger partial charge in [0.05, 0.1) is 20.3 Å². The molecule has 126 valence electrons. The van der Waals surface area contributed by atoms with E-state index >= 15 is 0 Å². The molecule has 0 saturated carbocycles. The summed E-state index contributed by atoms with van der Waals surface area (Å²) >= 11 is 0. The third kappa shape index (κ3) is 3.79. The molecule has 0 amide bonds. The Morgan fingerprint density at radius 2 is 1.96 bits per heavy atom. The van der Waals surface area contributed by atoms with E-state index in [2.05, 4.69) is 5.32 Å². The molecule has 0 saturated heterocycles. The Morgan fingerprint density at radius 1 is 1.21 bits per heavy atom. The van der Waals surface area contributed by atoms with Crippen molar-refractivity contribution >= 4 is 5.69 Å². The lowest BCUT2D eigenvalue weighted by Crippen LogP contribution is -2.45. The molecule has 0 bridgehead atoms. The Morgan fingerprint density at radius 3 is 2.54 bits per heavy atom. The molecule has 1 unspecified atom stereocenters. The fourth-order valence-electron chi connectivity index (χ4n) is 2.78. The van der Waals surface area contributed by atoms with Crippen LogP contribution in [0.2, 0.25) is 0 Å². The van der Waals surface area contributed by atoms with Gasteiger partial charge in [0.2, 0.25) is 5.72 Å². The predicted octanol–water partition coefficient (Wildman–Crippen LogP) is 3.75. The van der Waals surface area contributed by atoms with Crippen molar-refractivity contribution in [2.24, 2.45) is 0 Å². The number of ether oxygens (including phenoxy) is 3. The number of methoxy groups -OCH3 is 3. The molecule has 0 radical (unpaired) electrons. The van der Waals surface area contributed by atoms with E-state index in [9.17, 15) is 0 Å². The number of benzene rings is 1. The molecule has 0 spiro atoms. The van der Waals surface area contributed by atoms with E-state index in [-0.39, 0.29) is 0 Å². The van der Waals surface area contributed by atoms with Gasteiger partial charge < -0.3 is 19.5 Å². The molecule has 1 aromatic carbocycles. The molecular formula is C19H22N2O3. The van der Waals surface area contributed by atoms with Gasteiger partial charge in [0, 0.05) is 25.3 Å². The molecule has 5 nitrogen and oxygen atoms in total. The van der Waals surface area contributed by atoms with Crippen molar-refractivity contribution in [3.8, 4) is 6.07 Å². The highest BCUT2D eigenvalue weighted by Gasteiger charge is 2.42. The molecule has 0 heterocycles. The number of nitriles is 1. The summed E-state index contributed by atoms with van der Waals surface area (Å²) < 4.78 is 16.9. The maximum Gasteiger partial charge on any atom is 0.204 e. The van der Waals surface area contributed by atoms with Crippen molar-refractivity contribution in [3.63, 3.8) is 0 Å². The smallest absolute Gasteiger partial charge is 0.204 e. The summed E-state index contributed by atoms with van der Waals surface area (Å²) in [5, 5.41) is 12.1. The number of anilines is 1. The van der Waals surface area contributed by atoms with Crippen LogP contribution in [0.4, 0.5) is 5.69 Å². The van der Waals surface area contributed by atoms with Crippen LogP contribution in [0, 0.1) is 11.3 Å². The van der Waals surface area contributed by atoms with Crippen molar-refractivity contribution in [1.82, 2.24) is 0 Å².